The van der Waals surface area contributed by atoms with Crippen molar-refractivity contribution < 1.29 is 61.8 Å². The summed E-state index contributed by atoms with van der Waals surface area (Å²) in [5.41, 5.74) is 13.5. The number of nitrogens with one attached hydrogen (secondary N) is 13. The third kappa shape index (κ3) is 23.2. The van der Waals surface area contributed by atoms with E-state index in [0.29, 0.717) is 114 Å². The second kappa shape index (κ2) is 37.3. The van der Waals surface area contributed by atoms with E-state index >= 15 is 13.6 Å². The first kappa shape index (κ1) is 75.0. The van der Waals surface area contributed by atoms with Crippen molar-refractivity contribution in [1.29, 1.82) is 0 Å². The molecule has 530 valence electrons. The van der Waals surface area contributed by atoms with Crippen LogP contribution >= 0.6 is 23.5 Å². The number of halogens is 2. The number of thioether (sulfide) groups is 2. The Bertz CT molecular complexity index is 2790. The number of primary amides is 1. The number of amides is 10. The van der Waals surface area contributed by atoms with Crippen LogP contribution in [0, 0.1) is 29.6 Å². The predicted molar refractivity (Wildman–Crippen MR) is 357 cm³/mol. The first-order valence-corrected chi connectivity index (χ1v) is 36.7. The number of aliphatic hydroxyl groups excluding tert-OH is 1. The average Bonchev–Trinajstić information content (AvgIpc) is 1.71. The molecule has 7 aliphatic rings. The van der Waals surface area contributed by atoms with Gasteiger partial charge in [0.1, 0.15) is 60.7 Å². The zero-order valence-corrected chi connectivity index (χ0v) is 56.5. The molecule has 0 radical (unpaired) electrons. The van der Waals surface area contributed by atoms with Gasteiger partial charge in [-0.15, -0.1) is 0 Å². The van der Waals surface area contributed by atoms with E-state index in [1.807, 2.05) is 24.3 Å². The molecular formula is C65H103F2N15O11S2. The van der Waals surface area contributed by atoms with Crippen molar-refractivity contribution in [2.75, 3.05) is 50.9 Å². The Morgan fingerprint density at radius 2 is 1.12 bits per heavy atom. The molecular weight excluding hydrogens is 1270 g/mol. The summed E-state index contributed by atoms with van der Waals surface area (Å²) in [4.78, 5) is 142. The standard InChI is InChI=1S/C65H103F2N15O11S2/c1-35-59(87)79-54(26-44-29-70-34-74-44)65(93)80-51(21-37-9-13-45(83)14-10-37)62(90)75-36(2)60(88)82-55(58(69)86)33-95-32-39-7-5-6-38(20-39)31-94-19-17-56(84)77-50(8-3-4-18-68)61(89)73-30-57(85)78-52(22-40-27-71-48-15-11-42(66)24-46(40)48)64(92)81-53(63(91)76-35)23-41-28-72-49-16-12-43(67)25-47(41)49/h5-7,20,35-37,40-55,70-72,74,83H,3-4,8-19,21-34,68H2,1-2H3,(H2,69,86)(H,73,89)(H,75,90)(H,76,91)(H,77,84)(H,78,85)(H,79,87)(H,80,93)(H,81,92)(H,82,88)/t35-,36-,37?,40?,41?,42?,43?,44?,45?,46?,47?,48?,49?,50-,51-,52-,53-,54-,55-/m0/s1. The summed E-state index contributed by atoms with van der Waals surface area (Å²) in [6, 6.07) is -2.54. The molecule has 6 fully saturated rings. The van der Waals surface area contributed by atoms with E-state index in [9.17, 15) is 48.3 Å². The number of hydrogen-bond donors (Lipinski definition) is 16. The van der Waals surface area contributed by atoms with E-state index in [1.165, 1.54) is 37.4 Å². The summed E-state index contributed by atoms with van der Waals surface area (Å²) in [6.07, 6.45) is 3.37. The van der Waals surface area contributed by atoms with Crippen LogP contribution in [0.1, 0.15) is 141 Å². The molecule has 17 atom stereocenters. The molecule has 30 heteroatoms. The van der Waals surface area contributed by atoms with Gasteiger partial charge in [0, 0.05) is 60.8 Å². The number of carbonyl (C=O) groups is 10. The summed E-state index contributed by atoms with van der Waals surface area (Å²) in [6.45, 7) is 4.27. The van der Waals surface area contributed by atoms with E-state index < -0.39 is 126 Å². The number of rotatable bonds is 13. The van der Waals surface area contributed by atoms with E-state index in [4.69, 9.17) is 11.5 Å². The summed E-state index contributed by atoms with van der Waals surface area (Å²) in [7, 11) is 0. The summed E-state index contributed by atoms with van der Waals surface area (Å²) < 4.78 is 30.3. The minimum Gasteiger partial charge on any atom is -0.393 e. The molecule has 9 unspecified atom stereocenters. The van der Waals surface area contributed by atoms with Crippen molar-refractivity contribution in [2.24, 2.45) is 41.1 Å². The number of unbranched alkanes of at least 4 members (excludes halogenated alkanes) is 1. The maximum atomic E-state index is 15.2. The van der Waals surface area contributed by atoms with Crippen LogP contribution in [0.25, 0.3) is 0 Å². The van der Waals surface area contributed by atoms with E-state index in [-0.39, 0.29) is 111 Å². The number of nitrogens with two attached hydrogens (primary N) is 2. The second-order valence-electron chi connectivity index (χ2n) is 27.3. The molecule has 8 rings (SSSR count). The summed E-state index contributed by atoms with van der Waals surface area (Å²) in [5.74, 6) is -6.61. The molecule has 0 aromatic heterocycles. The zero-order valence-electron chi connectivity index (χ0n) is 54.8. The molecule has 95 heavy (non-hydrogen) atoms. The molecule has 3 aliphatic carbocycles. The van der Waals surface area contributed by atoms with Crippen LogP contribution in [0.2, 0.25) is 0 Å². The topological polar surface area (TPSA) is 399 Å². The van der Waals surface area contributed by atoms with Crippen molar-refractivity contribution in [1.82, 2.24) is 69.1 Å². The highest BCUT2D eigenvalue weighted by Gasteiger charge is 2.46. The van der Waals surface area contributed by atoms with Crippen LogP contribution in [0.4, 0.5) is 8.78 Å². The number of alkyl halides is 2. The second-order valence-corrected chi connectivity index (χ2v) is 29.5. The van der Waals surface area contributed by atoms with Crippen LogP contribution < -0.4 is 80.6 Å². The highest BCUT2D eigenvalue weighted by atomic mass is 32.2. The van der Waals surface area contributed by atoms with Gasteiger partial charge in [0.05, 0.1) is 12.6 Å². The Hall–Kier alpha value is -5.76. The Morgan fingerprint density at radius 1 is 0.579 bits per heavy atom. The average molecular weight is 1370 g/mol. The van der Waals surface area contributed by atoms with Crippen molar-refractivity contribution >= 4 is 82.6 Å². The molecule has 2 bridgehead atoms. The summed E-state index contributed by atoms with van der Waals surface area (Å²) in [5, 5.41) is 48.7. The fraction of sp³-hybridized carbons (Fsp3) is 0.754. The van der Waals surface area contributed by atoms with Gasteiger partial charge in [-0.2, -0.15) is 23.5 Å². The van der Waals surface area contributed by atoms with Gasteiger partial charge in [-0.3, -0.25) is 47.9 Å². The zero-order chi connectivity index (χ0) is 68.1. The van der Waals surface area contributed by atoms with Gasteiger partial charge in [-0.05, 0) is 183 Å². The van der Waals surface area contributed by atoms with Crippen LogP contribution in [0.3, 0.4) is 0 Å². The van der Waals surface area contributed by atoms with Gasteiger partial charge >= 0.3 is 0 Å². The third-order valence-corrected chi connectivity index (χ3v) is 22.2. The highest BCUT2D eigenvalue weighted by molar-refractivity contribution is 7.98. The van der Waals surface area contributed by atoms with Gasteiger partial charge in [0.15, 0.2) is 0 Å². The monoisotopic (exact) mass is 1370 g/mol. The molecule has 1 aromatic carbocycles. The van der Waals surface area contributed by atoms with Gasteiger partial charge in [-0.1, -0.05) is 24.3 Å². The fourth-order valence-corrected chi connectivity index (χ4v) is 16.5. The van der Waals surface area contributed by atoms with Gasteiger partial charge in [-0.25, -0.2) is 8.78 Å². The number of carbonyl (C=O) groups excluding carboxylic acids is 10. The van der Waals surface area contributed by atoms with Crippen molar-refractivity contribution in [3.63, 3.8) is 0 Å². The fourth-order valence-electron chi connectivity index (χ4n) is 14.6. The quantitative estimate of drug-likeness (QED) is 0.108. The lowest BCUT2D eigenvalue weighted by Gasteiger charge is -2.33. The van der Waals surface area contributed by atoms with Gasteiger partial charge in [0.2, 0.25) is 59.1 Å². The number of benzene rings is 1. The third-order valence-electron chi connectivity index (χ3n) is 20.1. The Labute approximate surface area is 564 Å². The lowest BCUT2D eigenvalue weighted by Crippen LogP contribution is -2.60. The molecule has 0 spiro atoms. The van der Waals surface area contributed by atoms with Crippen molar-refractivity contribution in [3.8, 4) is 0 Å². The first-order valence-electron chi connectivity index (χ1n) is 34.4. The van der Waals surface area contributed by atoms with Crippen LogP contribution in [-0.2, 0) is 59.5 Å². The van der Waals surface area contributed by atoms with Crippen molar-refractivity contribution in [2.45, 2.75) is 226 Å². The van der Waals surface area contributed by atoms with E-state index in [2.05, 4.69) is 69.1 Å². The maximum Gasteiger partial charge on any atom is 0.243 e. The number of fused-ring (bicyclic) bond motifs is 4. The maximum absolute atomic E-state index is 15.2. The highest BCUT2D eigenvalue weighted by Crippen LogP contribution is 2.40. The van der Waals surface area contributed by atoms with Crippen LogP contribution in [0.5, 0.6) is 0 Å². The molecule has 26 nitrogen and oxygen atoms in total. The largest absolute Gasteiger partial charge is 0.393 e. The number of aliphatic hydroxyl groups is 1. The van der Waals surface area contributed by atoms with Gasteiger partial charge in [0.25, 0.3) is 0 Å². The lowest BCUT2D eigenvalue weighted by molar-refractivity contribution is -0.136. The van der Waals surface area contributed by atoms with Gasteiger partial charge < -0.3 is 85.7 Å². The molecule has 3 saturated heterocycles. The Balaban J connectivity index is 1.06. The predicted octanol–water partition coefficient (Wildman–Crippen LogP) is -0.712. The first-order chi connectivity index (χ1) is 45.6. The molecule has 4 heterocycles. The molecule has 3 saturated carbocycles. The molecule has 10 amide bonds. The molecule has 1 aromatic rings. The SMILES string of the molecule is C[C@@H]1NC(=O)[C@H](CC2CNC3CCC(F)CC23)NC(=O)[C@H](CC2CNC3CCC(F)CC23)NC(=O)CNC(=O)[C@H](CCCCN)NC(=O)CCSCc2cccc(c2)CSC[C@@H](C(N)=O)NC(=O)[C@H](C)NC(=O)[C@H](CC2CCC(O)CC2)NC(=O)[C@H](CC2CNCN2)NC1=O. The Kier molecular flexibility index (Phi) is 29.4. The van der Waals surface area contributed by atoms with E-state index in [0.717, 1.165) is 11.1 Å². The minimum atomic E-state index is -1.36. The van der Waals surface area contributed by atoms with E-state index in [1.54, 1.807) is 0 Å². The molecule has 18 N–H and O–H groups in total. The van der Waals surface area contributed by atoms with Crippen molar-refractivity contribution in [3.05, 3.63) is 35.4 Å². The Morgan fingerprint density at radius 3 is 1.69 bits per heavy atom. The smallest absolute Gasteiger partial charge is 0.243 e. The van der Waals surface area contributed by atoms with Crippen LogP contribution in [-0.4, -0.2) is 200 Å². The lowest BCUT2D eigenvalue weighted by atomic mass is 9.76. The number of hydrogen-bond acceptors (Lipinski definition) is 18. The normalized spacial score (nSPS) is 35.4. The molecule has 4 aliphatic heterocycles. The van der Waals surface area contributed by atoms with Crippen LogP contribution in [0.15, 0.2) is 24.3 Å². The summed E-state index contributed by atoms with van der Waals surface area (Å²) >= 11 is 2.87. The minimum absolute atomic E-state index is 0.00636.